The van der Waals surface area contributed by atoms with Gasteiger partial charge in [-0.15, -0.1) is 10.2 Å². The Labute approximate surface area is 170 Å². The Morgan fingerprint density at radius 2 is 1.71 bits per heavy atom. The highest BCUT2D eigenvalue weighted by Gasteiger charge is 2.11. The molecular weight excluding hydrogens is 422 g/mol. The summed E-state index contributed by atoms with van der Waals surface area (Å²) in [5.41, 5.74) is 5.53. The second kappa shape index (κ2) is 9.05. The van der Waals surface area contributed by atoms with Crippen LogP contribution >= 0.6 is 15.9 Å². The minimum absolute atomic E-state index is 0.409. The Hall–Kier alpha value is -3.32. The molecule has 0 heterocycles. The molecule has 0 aliphatic carbocycles. The van der Waals surface area contributed by atoms with Gasteiger partial charge in [-0.25, -0.2) is 10.3 Å². The van der Waals surface area contributed by atoms with Crippen molar-refractivity contribution in [3.63, 3.8) is 0 Å². The lowest BCUT2D eigenvalue weighted by Gasteiger charge is -2.07. The number of aryl methyl sites for hydroxylation is 1. The lowest BCUT2D eigenvalue weighted by atomic mass is 10.1. The predicted octanol–water partition coefficient (Wildman–Crippen LogP) is 5.87. The minimum atomic E-state index is -0.514. The first kappa shape index (κ1) is 19.4. The van der Waals surface area contributed by atoms with Crippen LogP contribution in [-0.2, 0) is 4.84 Å². The molecule has 3 aromatic carbocycles. The number of carbonyl (C=O) groups is 2. The molecular formula is C21H16BrN3O3. The van der Waals surface area contributed by atoms with Crippen molar-refractivity contribution >= 4 is 39.2 Å². The molecule has 140 valence electrons. The van der Waals surface area contributed by atoms with Gasteiger partial charge in [0, 0.05) is 10.0 Å². The van der Waals surface area contributed by atoms with Crippen molar-refractivity contribution in [3.8, 4) is 0 Å². The van der Waals surface area contributed by atoms with E-state index in [-0.39, 0.29) is 0 Å². The molecule has 0 saturated heterocycles. The summed E-state index contributed by atoms with van der Waals surface area (Å²) in [5, 5.41) is 7.68. The molecule has 0 radical (unpaired) electrons. The van der Waals surface area contributed by atoms with Crippen molar-refractivity contribution < 1.29 is 14.4 Å². The van der Waals surface area contributed by atoms with E-state index < -0.39 is 11.9 Å². The molecule has 7 heteroatoms. The van der Waals surface area contributed by atoms with Gasteiger partial charge < -0.3 is 4.84 Å². The number of hydrogen-bond donors (Lipinski definition) is 1. The summed E-state index contributed by atoms with van der Waals surface area (Å²) < 4.78 is 0.649. The van der Waals surface area contributed by atoms with Crippen molar-refractivity contribution in [1.29, 1.82) is 0 Å². The number of halogens is 1. The summed E-state index contributed by atoms with van der Waals surface area (Å²) in [5.74, 6) is -0.923. The van der Waals surface area contributed by atoms with E-state index in [0.717, 1.165) is 5.56 Å². The van der Waals surface area contributed by atoms with E-state index in [2.05, 4.69) is 31.6 Å². The van der Waals surface area contributed by atoms with Gasteiger partial charge in [-0.2, -0.15) is 0 Å². The van der Waals surface area contributed by atoms with Gasteiger partial charge in [-0.1, -0.05) is 29.8 Å². The van der Waals surface area contributed by atoms with Crippen molar-refractivity contribution in [2.24, 2.45) is 10.2 Å². The number of nitrogens with zero attached hydrogens (tertiary/aromatic N) is 2. The van der Waals surface area contributed by atoms with Crippen LogP contribution in [0.15, 0.2) is 87.5 Å². The lowest BCUT2D eigenvalue weighted by Crippen LogP contribution is -2.11. The molecule has 0 spiro atoms. The van der Waals surface area contributed by atoms with Gasteiger partial charge in [0.2, 0.25) is 0 Å². The number of benzene rings is 3. The number of amides is 1. The van der Waals surface area contributed by atoms with Gasteiger partial charge in [0.15, 0.2) is 0 Å². The topological polar surface area (TPSA) is 80.1 Å². The second-order valence-corrected chi connectivity index (χ2v) is 6.75. The van der Waals surface area contributed by atoms with Gasteiger partial charge in [0.05, 0.1) is 16.9 Å². The van der Waals surface area contributed by atoms with Crippen molar-refractivity contribution in [3.05, 3.63) is 94.0 Å². The largest absolute Gasteiger partial charge is 0.363 e. The minimum Gasteiger partial charge on any atom is -0.338 e. The number of anilines is 1. The van der Waals surface area contributed by atoms with Crippen LogP contribution < -0.4 is 5.48 Å². The van der Waals surface area contributed by atoms with E-state index in [1.54, 1.807) is 60.7 Å². The van der Waals surface area contributed by atoms with E-state index in [9.17, 15) is 9.59 Å². The summed E-state index contributed by atoms with van der Waals surface area (Å²) in [6.45, 7) is 1.91. The van der Waals surface area contributed by atoms with Crippen molar-refractivity contribution in [2.45, 2.75) is 6.92 Å². The monoisotopic (exact) mass is 437 g/mol. The average molecular weight is 438 g/mol. The quantitative estimate of drug-likeness (QED) is 0.399. The zero-order valence-electron chi connectivity index (χ0n) is 14.9. The maximum atomic E-state index is 12.1. The summed E-state index contributed by atoms with van der Waals surface area (Å²) in [4.78, 5) is 29.2. The smallest absolute Gasteiger partial charge is 0.338 e. The number of nitrogens with one attached hydrogen (secondary N) is 1. The average Bonchev–Trinajstić information content (AvgIpc) is 2.71. The van der Waals surface area contributed by atoms with Crippen molar-refractivity contribution in [2.75, 3.05) is 5.48 Å². The van der Waals surface area contributed by atoms with Crippen LogP contribution in [0.5, 0.6) is 0 Å². The first-order valence-electron chi connectivity index (χ1n) is 8.37. The first-order chi connectivity index (χ1) is 13.5. The van der Waals surface area contributed by atoms with Crippen LogP contribution in [0.3, 0.4) is 0 Å². The number of carbonyl (C=O) groups excluding carboxylic acids is 2. The van der Waals surface area contributed by atoms with E-state index in [1.165, 1.54) is 0 Å². The maximum absolute atomic E-state index is 12.1. The predicted molar refractivity (Wildman–Crippen MR) is 110 cm³/mol. The Bertz CT molecular complexity index is 1030. The maximum Gasteiger partial charge on any atom is 0.363 e. The third-order valence-corrected chi connectivity index (χ3v) is 4.44. The molecule has 0 bridgehead atoms. The van der Waals surface area contributed by atoms with Crippen LogP contribution in [0.4, 0.5) is 11.4 Å². The first-order valence-corrected chi connectivity index (χ1v) is 9.17. The van der Waals surface area contributed by atoms with Gasteiger partial charge in [0.25, 0.3) is 5.91 Å². The second-order valence-electron chi connectivity index (χ2n) is 5.89. The van der Waals surface area contributed by atoms with Crippen LogP contribution in [0.1, 0.15) is 26.3 Å². The van der Waals surface area contributed by atoms with E-state index in [1.807, 2.05) is 19.1 Å². The molecule has 6 nitrogen and oxygen atoms in total. The molecule has 28 heavy (non-hydrogen) atoms. The fraction of sp³-hybridized carbons (Fsp3) is 0.0476. The van der Waals surface area contributed by atoms with Gasteiger partial charge in [-0.3, -0.25) is 4.79 Å². The number of rotatable bonds is 5. The summed E-state index contributed by atoms with van der Waals surface area (Å²) in [7, 11) is 0. The molecule has 0 aliphatic heterocycles. The fourth-order valence-electron chi connectivity index (χ4n) is 2.32. The molecule has 0 atom stereocenters. The standard InChI is InChI=1S/C21H16BrN3O3/c1-14-5-4-6-15(13-14)20(26)24-23-16-9-11-17(12-10-16)25-28-21(27)18-7-2-3-8-19(18)22/h2-13,25H,1H3. The summed E-state index contributed by atoms with van der Waals surface area (Å²) >= 11 is 3.30. The summed E-state index contributed by atoms with van der Waals surface area (Å²) in [6.07, 6.45) is 0. The molecule has 3 aromatic rings. The number of azo groups is 1. The van der Waals surface area contributed by atoms with Crippen LogP contribution in [0.25, 0.3) is 0 Å². The fourth-order valence-corrected chi connectivity index (χ4v) is 2.77. The molecule has 0 aliphatic rings. The normalized spacial score (nSPS) is 10.6. The molecule has 3 rings (SSSR count). The molecule has 0 aromatic heterocycles. The van der Waals surface area contributed by atoms with Crippen molar-refractivity contribution in [1.82, 2.24) is 0 Å². The molecule has 1 amide bonds. The molecule has 0 fully saturated rings. The number of hydrogen-bond acceptors (Lipinski definition) is 5. The van der Waals surface area contributed by atoms with Crippen LogP contribution in [0, 0.1) is 6.92 Å². The summed E-state index contributed by atoms with van der Waals surface area (Å²) in [6, 6.07) is 20.8. The third-order valence-electron chi connectivity index (χ3n) is 3.74. The Balaban J connectivity index is 1.58. The third kappa shape index (κ3) is 5.11. The van der Waals surface area contributed by atoms with Gasteiger partial charge in [0.1, 0.15) is 0 Å². The Morgan fingerprint density at radius 1 is 0.964 bits per heavy atom. The van der Waals surface area contributed by atoms with Crippen LogP contribution in [0.2, 0.25) is 0 Å². The molecule has 1 N–H and O–H groups in total. The zero-order valence-corrected chi connectivity index (χ0v) is 16.5. The van der Waals surface area contributed by atoms with E-state index >= 15 is 0 Å². The highest BCUT2D eigenvalue weighted by Crippen LogP contribution is 2.19. The molecule has 0 unspecified atom stereocenters. The SMILES string of the molecule is Cc1cccc(C(=O)N=Nc2ccc(NOC(=O)c3ccccc3Br)cc2)c1. The lowest BCUT2D eigenvalue weighted by molar-refractivity contribution is 0.0595. The van der Waals surface area contributed by atoms with Crippen LogP contribution in [-0.4, -0.2) is 11.9 Å². The van der Waals surface area contributed by atoms with Gasteiger partial charge >= 0.3 is 5.97 Å². The van der Waals surface area contributed by atoms with E-state index in [0.29, 0.717) is 27.0 Å². The highest BCUT2D eigenvalue weighted by molar-refractivity contribution is 9.10. The van der Waals surface area contributed by atoms with Gasteiger partial charge in [-0.05, 0) is 71.4 Å². The van der Waals surface area contributed by atoms with E-state index in [4.69, 9.17) is 4.84 Å². The zero-order chi connectivity index (χ0) is 19.9. The molecule has 0 saturated carbocycles. The highest BCUT2D eigenvalue weighted by atomic mass is 79.9. The Kier molecular flexibility index (Phi) is 6.29. The Morgan fingerprint density at radius 3 is 2.43 bits per heavy atom.